The first kappa shape index (κ1) is 19.2. The molecule has 0 saturated carbocycles. The standard InChI is InChI=1S/C14H13F3N2O4S2/c15-14(16,17)12-6-5-11(7-13(12)18)24(20,21)8-9-1-3-10(4-2-9)25(19,22)23/h1-7H,8,18H2,(H2,19,22,23). The predicted octanol–water partition coefficient (Wildman–Crippen LogP) is 1.91. The first-order chi connectivity index (χ1) is 11.3. The fourth-order valence-corrected chi connectivity index (χ4v) is 3.97. The SMILES string of the molecule is Nc1cc(S(=O)(=O)Cc2ccc(S(N)(=O)=O)cc2)ccc1C(F)(F)F. The number of nitrogen functional groups attached to an aromatic ring is 1. The van der Waals surface area contributed by atoms with Crippen molar-refractivity contribution >= 4 is 25.5 Å². The van der Waals surface area contributed by atoms with Crippen molar-refractivity contribution in [2.75, 3.05) is 5.73 Å². The van der Waals surface area contributed by atoms with Crippen LogP contribution < -0.4 is 10.9 Å². The maximum absolute atomic E-state index is 12.7. The van der Waals surface area contributed by atoms with Gasteiger partial charge in [0.2, 0.25) is 10.0 Å². The Morgan fingerprint density at radius 2 is 1.40 bits per heavy atom. The zero-order chi connectivity index (χ0) is 19.0. The number of hydrogen-bond donors (Lipinski definition) is 2. The van der Waals surface area contributed by atoms with Crippen LogP contribution in [0.4, 0.5) is 18.9 Å². The van der Waals surface area contributed by atoms with Gasteiger partial charge in [-0.15, -0.1) is 0 Å². The number of alkyl halides is 3. The van der Waals surface area contributed by atoms with Crippen LogP contribution in [0.5, 0.6) is 0 Å². The average Bonchev–Trinajstić information content (AvgIpc) is 2.45. The van der Waals surface area contributed by atoms with Crippen molar-refractivity contribution in [3.05, 3.63) is 53.6 Å². The van der Waals surface area contributed by atoms with Crippen molar-refractivity contribution in [2.24, 2.45) is 5.14 Å². The highest BCUT2D eigenvalue weighted by Gasteiger charge is 2.33. The Labute approximate surface area is 142 Å². The summed E-state index contributed by atoms with van der Waals surface area (Å²) in [6.07, 6.45) is -4.68. The molecule has 11 heteroatoms. The number of anilines is 1. The fraction of sp³-hybridized carbons (Fsp3) is 0.143. The highest BCUT2D eigenvalue weighted by Crippen LogP contribution is 2.34. The molecule has 0 atom stereocenters. The second-order valence-corrected chi connectivity index (χ2v) is 8.75. The molecule has 0 aliphatic rings. The van der Waals surface area contributed by atoms with E-state index < -0.39 is 43.0 Å². The fourth-order valence-electron chi connectivity index (χ4n) is 2.07. The van der Waals surface area contributed by atoms with Crippen LogP contribution in [0, 0.1) is 0 Å². The third-order valence-electron chi connectivity index (χ3n) is 3.30. The summed E-state index contributed by atoms with van der Waals surface area (Å²) in [5.41, 5.74) is 3.72. The number of hydrogen-bond acceptors (Lipinski definition) is 5. The Balaban J connectivity index is 2.32. The number of halogens is 3. The Kier molecular flexibility index (Phi) is 4.86. The van der Waals surface area contributed by atoms with E-state index in [1.807, 2.05) is 0 Å². The molecule has 0 aliphatic heterocycles. The van der Waals surface area contributed by atoms with Gasteiger partial charge in [0.15, 0.2) is 9.84 Å². The van der Waals surface area contributed by atoms with Gasteiger partial charge in [0.1, 0.15) is 0 Å². The van der Waals surface area contributed by atoms with Crippen LogP contribution in [0.3, 0.4) is 0 Å². The first-order valence-corrected chi connectivity index (χ1v) is 9.82. The lowest BCUT2D eigenvalue weighted by Crippen LogP contribution is -2.13. The van der Waals surface area contributed by atoms with Crippen LogP contribution in [0.2, 0.25) is 0 Å². The highest BCUT2D eigenvalue weighted by atomic mass is 32.2. The molecular formula is C14H13F3N2O4S2. The van der Waals surface area contributed by atoms with Crippen molar-refractivity contribution in [3.8, 4) is 0 Å². The van der Waals surface area contributed by atoms with Gasteiger partial charge in [-0.1, -0.05) is 12.1 Å². The molecule has 0 fully saturated rings. The molecule has 0 radical (unpaired) electrons. The minimum Gasteiger partial charge on any atom is -0.398 e. The minimum absolute atomic E-state index is 0.188. The third-order valence-corrected chi connectivity index (χ3v) is 5.91. The summed E-state index contributed by atoms with van der Waals surface area (Å²) >= 11 is 0. The van der Waals surface area contributed by atoms with Gasteiger partial charge in [-0.3, -0.25) is 0 Å². The van der Waals surface area contributed by atoms with E-state index in [0.29, 0.717) is 6.07 Å². The topological polar surface area (TPSA) is 120 Å². The van der Waals surface area contributed by atoms with Gasteiger partial charge in [0, 0.05) is 5.69 Å². The second kappa shape index (κ2) is 6.32. The van der Waals surface area contributed by atoms with E-state index in [0.717, 1.165) is 24.3 Å². The van der Waals surface area contributed by atoms with Crippen molar-refractivity contribution in [1.29, 1.82) is 0 Å². The first-order valence-electron chi connectivity index (χ1n) is 6.62. The molecular weight excluding hydrogens is 381 g/mol. The summed E-state index contributed by atoms with van der Waals surface area (Å²) in [6, 6.07) is 6.97. The van der Waals surface area contributed by atoms with Crippen molar-refractivity contribution < 1.29 is 30.0 Å². The molecule has 2 rings (SSSR count). The molecule has 25 heavy (non-hydrogen) atoms. The number of nitrogens with two attached hydrogens (primary N) is 2. The maximum atomic E-state index is 12.7. The lowest BCUT2D eigenvalue weighted by molar-refractivity contribution is -0.136. The molecule has 6 nitrogen and oxygen atoms in total. The van der Waals surface area contributed by atoms with Crippen LogP contribution >= 0.6 is 0 Å². The van der Waals surface area contributed by atoms with Gasteiger partial charge in [-0.25, -0.2) is 22.0 Å². The van der Waals surface area contributed by atoms with Crippen LogP contribution in [0.25, 0.3) is 0 Å². The van der Waals surface area contributed by atoms with Gasteiger partial charge in [0.05, 0.1) is 21.1 Å². The van der Waals surface area contributed by atoms with Gasteiger partial charge in [-0.2, -0.15) is 13.2 Å². The van der Waals surface area contributed by atoms with E-state index in [-0.39, 0.29) is 15.4 Å². The summed E-state index contributed by atoms with van der Waals surface area (Å²) in [7, 11) is -7.89. The number of sulfonamides is 1. The number of primary sulfonamides is 1. The normalized spacial score (nSPS) is 13.0. The van der Waals surface area contributed by atoms with Gasteiger partial charge in [-0.05, 0) is 35.9 Å². The van der Waals surface area contributed by atoms with Crippen LogP contribution in [0.1, 0.15) is 11.1 Å². The molecule has 0 amide bonds. The lowest BCUT2D eigenvalue weighted by atomic mass is 10.2. The minimum atomic E-state index is -4.68. The monoisotopic (exact) mass is 394 g/mol. The van der Waals surface area contributed by atoms with Crippen LogP contribution in [0.15, 0.2) is 52.3 Å². The number of sulfone groups is 1. The third kappa shape index (κ3) is 4.50. The van der Waals surface area contributed by atoms with E-state index >= 15 is 0 Å². The summed E-state index contributed by atoms with van der Waals surface area (Å²) < 4.78 is 85.0. The van der Waals surface area contributed by atoms with Gasteiger partial charge < -0.3 is 5.73 Å². The smallest absolute Gasteiger partial charge is 0.398 e. The lowest BCUT2D eigenvalue weighted by Gasteiger charge is -2.12. The molecule has 0 unspecified atom stereocenters. The Morgan fingerprint density at radius 1 is 0.880 bits per heavy atom. The Bertz CT molecular complexity index is 999. The summed E-state index contributed by atoms with van der Waals surface area (Å²) in [4.78, 5) is -0.555. The second-order valence-electron chi connectivity index (χ2n) is 5.19. The van der Waals surface area contributed by atoms with Gasteiger partial charge >= 0.3 is 6.18 Å². The molecule has 2 aromatic carbocycles. The Hall–Kier alpha value is -2.11. The highest BCUT2D eigenvalue weighted by molar-refractivity contribution is 7.90. The molecule has 4 N–H and O–H groups in total. The quantitative estimate of drug-likeness (QED) is 0.768. The summed E-state index contributed by atoms with van der Waals surface area (Å²) in [5.74, 6) is -0.539. The zero-order valence-electron chi connectivity index (χ0n) is 12.5. The van der Waals surface area contributed by atoms with E-state index in [1.54, 1.807) is 0 Å². The van der Waals surface area contributed by atoms with E-state index in [4.69, 9.17) is 10.9 Å². The number of rotatable bonds is 4. The predicted molar refractivity (Wildman–Crippen MR) is 84.6 cm³/mol. The molecule has 136 valence electrons. The molecule has 0 saturated heterocycles. The van der Waals surface area contributed by atoms with E-state index in [9.17, 15) is 30.0 Å². The Morgan fingerprint density at radius 3 is 1.84 bits per heavy atom. The van der Waals surface area contributed by atoms with Crippen LogP contribution in [-0.2, 0) is 31.8 Å². The molecule has 2 aromatic rings. The van der Waals surface area contributed by atoms with E-state index in [1.165, 1.54) is 12.1 Å². The largest absolute Gasteiger partial charge is 0.418 e. The molecule has 0 heterocycles. The summed E-state index contributed by atoms with van der Waals surface area (Å²) in [6.45, 7) is 0. The summed E-state index contributed by atoms with van der Waals surface area (Å²) in [5, 5.41) is 4.94. The van der Waals surface area contributed by atoms with Crippen molar-refractivity contribution in [2.45, 2.75) is 21.7 Å². The van der Waals surface area contributed by atoms with E-state index in [2.05, 4.69) is 0 Å². The average molecular weight is 394 g/mol. The molecule has 0 bridgehead atoms. The molecule has 0 aromatic heterocycles. The van der Waals surface area contributed by atoms with Crippen molar-refractivity contribution in [1.82, 2.24) is 0 Å². The van der Waals surface area contributed by atoms with Gasteiger partial charge in [0.25, 0.3) is 0 Å². The number of benzene rings is 2. The maximum Gasteiger partial charge on any atom is 0.418 e. The molecule has 0 aliphatic carbocycles. The van der Waals surface area contributed by atoms with Crippen LogP contribution in [-0.4, -0.2) is 16.8 Å². The zero-order valence-corrected chi connectivity index (χ0v) is 14.1. The molecule has 0 spiro atoms. The van der Waals surface area contributed by atoms with Crippen molar-refractivity contribution in [3.63, 3.8) is 0 Å².